The number of nitrogens with two attached hydrogens (primary N) is 2. The molecule has 6 N–H and O–H groups in total. The minimum Gasteiger partial charge on any atom is -0.478 e. The average molecular weight is 256 g/mol. The van der Waals surface area contributed by atoms with Crippen molar-refractivity contribution in [1.82, 2.24) is 0 Å². The Bertz CT molecular complexity index is 402. The Morgan fingerprint density at radius 3 is 1.83 bits per heavy atom. The van der Waals surface area contributed by atoms with Crippen LogP contribution in [0.2, 0.25) is 0 Å². The third-order valence-corrected chi connectivity index (χ3v) is 2.71. The molecule has 0 bridgehead atoms. The summed E-state index contributed by atoms with van der Waals surface area (Å²) < 4.78 is 0. The molecule has 0 radical (unpaired) electrons. The van der Waals surface area contributed by atoms with Crippen molar-refractivity contribution >= 4 is 11.9 Å². The molecule has 0 amide bonds. The summed E-state index contributed by atoms with van der Waals surface area (Å²) in [5.74, 6) is -2.48. The van der Waals surface area contributed by atoms with Crippen molar-refractivity contribution < 1.29 is 19.8 Å². The first-order valence-electron chi connectivity index (χ1n) is 5.56. The third kappa shape index (κ3) is 4.48. The lowest BCUT2D eigenvalue weighted by molar-refractivity contribution is -0.133. The van der Waals surface area contributed by atoms with Crippen molar-refractivity contribution in [1.29, 1.82) is 0 Å². The monoisotopic (exact) mass is 256 g/mol. The Labute approximate surface area is 106 Å². The zero-order valence-corrected chi connectivity index (χ0v) is 10.9. The lowest BCUT2D eigenvalue weighted by atomic mass is 9.92. The smallest absolute Gasteiger partial charge is 0.333 e. The maximum Gasteiger partial charge on any atom is 0.333 e. The van der Waals surface area contributed by atoms with E-state index in [0.717, 1.165) is 0 Å². The zero-order chi connectivity index (χ0) is 14.5. The second-order valence-corrected chi connectivity index (χ2v) is 4.31. The first-order valence-corrected chi connectivity index (χ1v) is 5.56. The molecule has 0 saturated heterocycles. The zero-order valence-electron chi connectivity index (χ0n) is 10.9. The highest BCUT2D eigenvalue weighted by Crippen LogP contribution is 2.22. The van der Waals surface area contributed by atoms with E-state index >= 15 is 0 Å². The SMILES string of the molecule is CC(N)=C(CCC(C)C(C(=O)O)=C(C)N)C(=O)O. The highest BCUT2D eigenvalue weighted by Gasteiger charge is 2.20. The van der Waals surface area contributed by atoms with Gasteiger partial charge in [-0.3, -0.25) is 0 Å². The molecule has 0 aliphatic rings. The Morgan fingerprint density at radius 2 is 1.56 bits per heavy atom. The van der Waals surface area contributed by atoms with Crippen molar-refractivity contribution in [2.24, 2.45) is 17.4 Å². The van der Waals surface area contributed by atoms with Crippen LogP contribution in [-0.4, -0.2) is 22.2 Å². The second-order valence-electron chi connectivity index (χ2n) is 4.31. The Balaban J connectivity index is 4.85. The quantitative estimate of drug-likeness (QED) is 0.526. The molecule has 1 unspecified atom stereocenters. The fourth-order valence-corrected chi connectivity index (χ4v) is 1.75. The third-order valence-electron chi connectivity index (χ3n) is 2.71. The molecule has 6 nitrogen and oxygen atoms in total. The molecule has 0 rings (SSSR count). The minimum absolute atomic E-state index is 0.112. The molecule has 1 atom stereocenters. The van der Waals surface area contributed by atoms with Gasteiger partial charge >= 0.3 is 11.9 Å². The highest BCUT2D eigenvalue weighted by atomic mass is 16.4. The maximum absolute atomic E-state index is 11.0. The molecule has 0 heterocycles. The summed E-state index contributed by atoms with van der Waals surface area (Å²) >= 11 is 0. The van der Waals surface area contributed by atoms with Gasteiger partial charge in [-0.05, 0) is 32.6 Å². The number of carboxylic acids is 2. The summed E-state index contributed by atoms with van der Waals surface area (Å²) in [6.07, 6.45) is 0.579. The predicted molar refractivity (Wildman–Crippen MR) is 67.4 cm³/mol. The van der Waals surface area contributed by atoms with E-state index in [0.29, 0.717) is 6.42 Å². The second kappa shape index (κ2) is 6.68. The Kier molecular flexibility index (Phi) is 5.95. The van der Waals surface area contributed by atoms with E-state index in [1.54, 1.807) is 6.92 Å². The van der Waals surface area contributed by atoms with Gasteiger partial charge in [0.2, 0.25) is 0 Å². The first-order chi connectivity index (χ1) is 8.18. The van der Waals surface area contributed by atoms with Gasteiger partial charge in [0.15, 0.2) is 0 Å². The van der Waals surface area contributed by atoms with Crippen LogP contribution in [0.4, 0.5) is 0 Å². The van der Waals surface area contributed by atoms with Crippen molar-refractivity contribution in [3.8, 4) is 0 Å². The predicted octanol–water partition coefficient (Wildman–Crippen LogP) is 1.04. The lowest BCUT2D eigenvalue weighted by Crippen LogP contribution is -2.17. The van der Waals surface area contributed by atoms with E-state index in [1.807, 2.05) is 0 Å². The first kappa shape index (κ1) is 16.0. The number of allylic oxidation sites excluding steroid dienone is 2. The number of aliphatic carboxylic acids is 2. The fourth-order valence-electron chi connectivity index (χ4n) is 1.75. The van der Waals surface area contributed by atoms with Gasteiger partial charge < -0.3 is 21.7 Å². The summed E-state index contributed by atoms with van der Waals surface area (Å²) in [6.45, 7) is 4.73. The van der Waals surface area contributed by atoms with Crippen LogP contribution in [0.25, 0.3) is 0 Å². The molecule has 0 aromatic carbocycles. The fraction of sp³-hybridized carbons (Fsp3) is 0.500. The number of hydrogen-bond acceptors (Lipinski definition) is 4. The molecule has 0 spiro atoms. The van der Waals surface area contributed by atoms with Gasteiger partial charge in [-0.25, -0.2) is 9.59 Å². The molecule has 18 heavy (non-hydrogen) atoms. The topological polar surface area (TPSA) is 127 Å². The summed E-state index contributed by atoms with van der Waals surface area (Å²) in [5, 5.41) is 17.9. The lowest BCUT2D eigenvalue weighted by Gasteiger charge is -2.14. The molecule has 6 heteroatoms. The van der Waals surface area contributed by atoms with Crippen LogP contribution in [0.1, 0.15) is 33.6 Å². The molecule has 102 valence electrons. The summed E-state index contributed by atoms with van der Waals surface area (Å²) in [4.78, 5) is 21.9. The molecule has 0 aromatic rings. The summed E-state index contributed by atoms with van der Waals surface area (Å²) in [7, 11) is 0. The van der Waals surface area contributed by atoms with E-state index in [1.165, 1.54) is 13.8 Å². The standard InChI is InChI=1S/C12H20N2O4/c1-6(10(8(3)14)12(17)18)4-5-9(7(2)13)11(15)16/h6H,4-5,13-14H2,1-3H3,(H,15,16)(H,17,18). The van der Waals surface area contributed by atoms with E-state index in [4.69, 9.17) is 21.7 Å². The normalized spacial score (nSPS) is 15.5. The summed E-state index contributed by atoms with van der Waals surface area (Å²) in [6, 6.07) is 0. The van der Waals surface area contributed by atoms with Crippen molar-refractivity contribution in [3.63, 3.8) is 0 Å². The van der Waals surface area contributed by atoms with Crippen molar-refractivity contribution in [2.45, 2.75) is 33.6 Å². The number of hydrogen-bond donors (Lipinski definition) is 4. The summed E-state index contributed by atoms with van der Waals surface area (Å²) in [5.41, 5.74) is 11.7. The van der Waals surface area contributed by atoms with Gasteiger partial charge in [0.1, 0.15) is 0 Å². The number of carboxylic acid groups (broad SMARTS) is 2. The molecular formula is C12H20N2O4. The molecule has 0 saturated carbocycles. The van der Waals surface area contributed by atoms with Gasteiger partial charge in [-0.2, -0.15) is 0 Å². The molecule has 0 aliphatic carbocycles. The van der Waals surface area contributed by atoms with Crippen LogP contribution in [-0.2, 0) is 9.59 Å². The van der Waals surface area contributed by atoms with E-state index in [-0.39, 0.29) is 34.9 Å². The van der Waals surface area contributed by atoms with Crippen LogP contribution in [0.15, 0.2) is 22.5 Å². The van der Waals surface area contributed by atoms with E-state index in [2.05, 4.69) is 0 Å². The van der Waals surface area contributed by atoms with E-state index < -0.39 is 11.9 Å². The van der Waals surface area contributed by atoms with Crippen LogP contribution < -0.4 is 11.5 Å². The largest absolute Gasteiger partial charge is 0.478 e. The molecule has 0 aliphatic heterocycles. The molecule has 0 fully saturated rings. The van der Waals surface area contributed by atoms with Gasteiger partial charge in [0, 0.05) is 11.4 Å². The Hall–Kier alpha value is -1.98. The van der Waals surface area contributed by atoms with Crippen LogP contribution in [0.5, 0.6) is 0 Å². The number of carbonyl (C=O) groups is 2. The number of rotatable bonds is 6. The van der Waals surface area contributed by atoms with Gasteiger partial charge in [0.05, 0.1) is 11.1 Å². The van der Waals surface area contributed by atoms with E-state index in [9.17, 15) is 9.59 Å². The van der Waals surface area contributed by atoms with Crippen molar-refractivity contribution in [2.75, 3.05) is 0 Å². The minimum atomic E-state index is -1.08. The van der Waals surface area contributed by atoms with Crippen LogP contribution in [0.3, 0.4) is 0 Å². The van der Waals surface area contributed by atoms with Crippen molar-refractivity contribution in [3.05, 3.63) is 22.5 Å². The Morgan fingerprint density at radius 1 is 1.06 bits per heavy atom. The highest BCUT2D eigenvalue weighted by molar-refractivity contribution is 5.88. The molecular weight excluding hydrogens is 236 g/mol. The average Bonchev–Trinajstić information content (AvgIpc) is 2.14. The molecule has 0 aromatic heterocycles. The van der Waals surface area contributed by atoms with Gasteiger partial charge in [0.25, 0.3) is 0 Å². The van der Waals surface area contributed by atoms with Gasteiger partial charge in [-0.1, -0.05) is 6.92 Å². The maximum atomic E-state index is 11.0. The van der Waals surface area contributed by atoms with Gasteiger partial charge in [-0.15, -0.1) is 0 Å². The van der Waals surface area contributed by atoms with Crippen LogP contribution in [0, 0.1) is 5.92 Å². The van der Waals surface area contributed by atoms with Crippen LogP contribution >= 0.6 is 0 Å².